The second-order valence-corrected chi connectivity index (χ2v) is 1.53. The molecule has 1 amide bonds. The zero-order valence-corrected chi connectivity index (χ0v) is 4.82. The molecule has 54 valence electrons. The van der Waals surface area contributed by atoms with Gasteiger partial charge in [0.25, 0.3) is 5.91 Å². The molecular weight excluding hydrogens is 124 g/mol. The van der Waals surface area contributed by atoms with Gasteiger partial charge in [0.1, 0.15) is 6.04 Å². The van der Waals surface area contributed by atoms with Gasteiger partial charge in [-0.3, -0.25) is 4.79 Å². The van der Waals surface area contributed by atoms with Crippen LogP contribution in [0.4, 0.5) is 0 Å². The van der Waals surface area contributed by atoms with Crippen molar-refractivity contribution < 1.29 is 9.90 Å². The summed E-state index contributed by atoms with van der Waals surface area (Å²) in [6, 6.07) is -1.01. The second kappa shape index (κ2) is 3.36. The molecule has 6 nitrogen and oxygen atoms in total. The molecule has 1 unspecified atom stereocenters. The molecular formula is C3H10N4O2. The highest BCUT2D eigenvalue weighted by Gasteiger charge is 2.14. The van der Waals surface area contributed by atoms with Crippen molar-refractivity contribution in [1.82, 2.24) is 5.12 Å². The Morgan fingerprint density at radius 2 is 2.11 bits per heavy atom. The van der Waals surface area contributed by atoms with Gasteiger partial charge in [0.05, 0.1) is 6.61 Å². The van der Waals surface area contributed by atoms with Gasteiger partial charge in [0.15, 0.2) is 0 Å². The van der Waals surface area contributed by atoms with Crippen molar-refractivity contribution in [2.75, 3.05) is 6.61 Å². The largest absolute Gasteiger partial charge is 0.394 e. The van der Waals surface area contributed by atoms with Crippen LogP contribution in [0.25, 0.3) is 0 Å². The number of carbonyl (C=O) groups excluding carboxylic acids is 1. The molecule has 0 heterocycles. The highest BCUT2D eigenvalue weighted by molar-refractivity contribution is 5.80. The summed E-state index contributed by atoms with van der Waals surface area (Å²) >= 11 is 0. The van der Waals surface area contributed by atoms with Crippen molar-refractivity contribution in [3.05, 3.63) is 0 Å². The molecule has 0 aliphatic heterocycles. The predicted molar refractivity (Wildman–Crippen MR) is 30.3 cm³/mol. The van der Waals surface area contributed by atoms with Crippen LogP contribution in [0, 0.1) is 0 Å². The highest BCUT2D eigenvalue weighted by Crippen LogP contribution is 1.77. The highest BCUT2D eigenvalue weighted by atomic mass is 16.3. The quantitative estimate of drug-likeness (QED) is 0.181. The number of hydrogen-bond acceptors (Lipinski definition) is 5. The lowest BCUT2D eigenvalue weighted by molar-refractivity contribution is -0.134. The number of aliphatic hydroxyl groups excluding tert-OH is 1. The first-order valence-corrected chi connectivity index (χ1v) is 2.29. The average molecular weight is 134 g/mol. The topological polar surface area (TPSA) is 119 Å². The summed E-state index contributed by atoms with van der Waals surface area (Å²) in [5.74, 6) is 8.87. The van der Waals surface area contributed by atoms with E-state index in [1.807, 2.05) is 0 Å². The SMILES string of the molecule is NC(CO)C(=O)N(N)N. The fourth-order valence-corrected chi connectivity index (χ4v) is 0.270. The summed E-state index contributed by atoms with van der Waals surface area (Å²) in [6.45, 7) is -0.455. The summed E-state index contributed by atoms with van der Waals surface area (Å²) < 4.78 is 0. The molecule has 0 saturated carbocycles. The van der Waals surface area contributed by atoms with Gasteiger partial charge in [-0.25, -0.2) is 16.8 Å². The number of hydrazine groups is 2. The normalized spacial score (nSPS) is 12.9. The number of amides is 1. The Morgan fingerprint density at radius 3 is 2.22 bits per heavy atom. The zero-order chi connectivity index (χ0) is 7.44. The fraction of sp³-hybridized carbons (Fsp3) is 0.667. The van der Waals surface area contributed by atoms with E-state index in [1.54, 1.807) is 0 Å². The second-order valence-electron chi connectivity index (χ2n) is 1.53. The third kappa shape index (κ3) is 2.38. The molecule has 1 atom stereocenters. The molecule has 0 aliphatic carbocycles. The fourth-order valence-electron chi connectivity index (χ4n) is 0.270. The summed E-state index contributed by atoms with van der Waals surface area (Å²) in [7, 11) is 0. The van der Waals surface area contributed by atoms with Crippen molar-refractivity contribution >= 4 is 5.91 Å². The lowest BCUT2D eigenvalue weighted by Gasteiger charge is -2.12. The first-order chi connectivity index (χ1) is 4.09. The Bertz CT molecular complexity index is 104. The van der Waals surface area contributed by atoms with E-state index in [0.717, 1.165) is 0 Å². The summed E-state index contributed by atoms with van der Waals surface area (Å²) in [5, 5.41) is 8.62. The smallest absolute Gasteiger partial charge is 0.270 e. The Kier molecular flexibility index (Phi) is 3.10. The first kappa shape index (κ1) is 8.31. The molecule has 0 aromatic carbocycles. The van der Waals surface area contributed by atoms with Crippen LogP contribution in [0.15, 0.2) is 0 Å². The van der Waals surface area contributed by atoms with E-state index in [9.17, 15) is 4.79 Å². The van der Waals surface area contributed by atoms with Crippen LogP contribution in [-0.4, -0.2) is 28.8 Å². The minimum absolute atomic E-state index is 0.348. The van der Waals surface area contributed by atoms with Gasteiger partial charge in [-0.15, -0.1) is 0 Å². The molecule has 7 N–H and O–H groups in total. The van der Waals surface area contributed by atoms with E-state index in [2.05, 4.69) is 0 Å². The molecule has 0 aliphatic rings. The summed E-state index contributed by atoms with van der Waals surface area (Å²) in [4.78, 5) is 10.5. The maximum absolute atomic E-state index is 10.5. The van der Waals surface area contributed by atoms with Crippen molar-refractivity contribution in [2.24, 2.45) is 17.4 Å². The molecule has 0 radical (unpaired) electrons. The molecule has 0 aromatic heterocycles. The van der Waals surface area contributed by atoms with Gasteiger partial charge < -0.3 is 10.8 Å². The Morgan fingerprint density at radius 1 is 1.67 bits per heavy atom. The van der Waals surface area contributed by atoms with Gasteiger partial charge in [-0.2, -0.15) is 0 Å². The van der Waals surface area contributed by atoms with E-state index in [1.165, 1.54) is 0 Å². The lowest BCUT2D eigenvalue weighted by atomic mass is 10.3. The molecule has 0 spiro atoms. The number of hydrogen-bond donors (Lipinski definition) is 4. The van der Waals surface area contributed by atoms with Gasteiger partial charge in [0.2, 0.25) is 0 Å². The minimum atomic E-state index is -1.01. The maximum atomic E-state index is 10.5. The van der Waals surface area contributed by atoms with Crippen LogP contribution in [0.1, 0.15) is 0 Å². The lowest BCUT2D eigenvalue weighted by Crippen LogP contribution is -2.52. The van der Waals surface area contributed by atoms with E-state index >= 15 is 0 Å². The summed E-state index contributed by atoms with van der Waals surface area (Å²) in [6.07, 6.45) is 0. The number of aliphatic hydroxyl groups is 1. The standard InChI is InChI=1S/C3H10N4O2/c4-2(1-8)3(9)7(5)6/h2,8H,1,4-6H2. The minimum Gasteiger partial charge on any atom is -0.394 e. The predicted octanol–water partition coefficient (Wildman–Crippen LogP) is -3.12. The van der Waals surface area contributed by atoms with E-state index in [-0.39, 0.29) is 0 Å². The van der Waals surface area contributed by atoms with Crippen molar-refractivity contribution in [1.29, 1.82) is 0 Å². The van der Waals surface area contributed by atoms with Crippen LogP contribution in [0.2, 0.25) is 0 Å². The first-order valence-electron chi connectivity index (χ1n) is 2.29. The van der Waals surface area contributed by atoms with Gasteiger partial charge in [0, 0.05) is 0 Å². The third-order valence-electron chi connectivity index (χ3n) is 0.768. The van der Waals surface area contributed by atoms with Crippen LogP contribution in [0.5, 0.6) is 0 Å². The number of nitrogens with two attached hydrogens (primary N) is 3. The van der Waals surface area contributed by atoms with E-state index < -0.39 is 18.6 Å². The van der Waals surface area contributed by atoms with E-state index in [0.29, 0.717) is 5.12 Å². The number of nitrogens with zero attached hydrogens (tertiary/aromatic N) is 1. The molecule has 0 aromatic rings. The Labute approximate surface area is 52.1 Å². The third-order valence-corrected chi connectivity index (χ3v) is 0.768. The summed E-state index contributed by atoms with van der Waals surface area (Å²) in [5.41, 5.74) is 5.02. The number of carbonyl (C=O) groups is 1. The number of rotatable bonds is 2. The Balaban J connectivity index is 3.73. The zero-order valence-electron chi connectivity index (χ0n) is 4.82. The van der Waals surface area contributed by atoms with Gasteiger partial charge in [-0.05, 0) is 0 Å². The van der Waals surface area contributed by atoms with Crippen LogP contribution in [-0.2, 0) is 4.79 Å². The van der Waals surface area contributed by atoms with E-state index in [4.69, 9.17) is 22.5 Å². The van der Waals surface area contributed by atoms with Crippen molar-refractivity contribution in [2.45, 2.75) is 6.04 Å². The average Bonchev–Trinajstić information content (AvgIpc) is 1.84. The van der Waals surface area contributed by atoms with Gasteiger partial charge in [-0.1, -0.05) is 0 Å². The molecule has 6 heteroatoms. The van der Waals surface area contributed by atoms with Crippen LogP contribution >= 0.6 is 0 Å². The molecule has 0 rings (SSSR count). The molecule has 9 heavy (non-hydrogen) atoms. The molecule has 0 saturated heterocycles. The maximum Gasteiger partial charge on any atom is 0.270 e. The van der Waals surface area contributed by atoms with Crippen LogP contribution in [0.3, 0.4) is 0 Å². The Hall–Kier alpha value is -0.690. The molecule has 0 fully saturated rings. The molecule has 0 bridgehead atoms. The monoisotopic (exact) mass is 134 g/mol. The van der Waals surface area contributed by atoms with Gasteiger partial charge >= 0.3 is 0 Å². The van der Waals surface area contributed by atoms with Crippen molar-refractivity contribution in [3.8, 4) is 0 Å². The van der Waals surface area contributed by atoms with Crippen molar-refractivity contribution in [3.63, 3.8) is 0 Å². The van der Waals surface area contributed by atoms with Crippen LogP contribution < -0.4 is 17.4 Å².